The van der Waals surface area contributed by atoms with Crippen molar-refractivity contribution in [3.05, 3.63) is 0 Å². The van der Waals surface area contributed by atoms with E-state index in [4.69, 9.17) is 4.74 Å². The van der Waals surface area contributed by atoms with Crippen molar-refractivity contribution in [2.45, 2.75) is 38.2 Å². The molecule has 1 aliphatic carbocycles. The Balaban J connectivity index is 1.88. The highest BCUT2D eigenvalue weighted by atomic mass is 19.3. The number of hydrogen-bond acceptors (Lipinski definition) is 2. The number of piperidine rings is 1. The lowest BCUT2D eigenvalue weighted by Gasteiger charge is -2.41. The van der Waals surface area contributed by atoms with Gasteiger partial charge in [0.2, 0.25) is 11.8 Å². The number of methoxy groups -OCH3 is 1. The monoisotopic (exact) mass is 247 g/mol. The molecule has 0 N–H and O–H groups in total. The highest BCUT2D eigenvalue weighted by Crippen LogP contribution is 2.43. The third-order valence-corrected chi connectivity index (χ3v) is 3.94. The van der Waals surface area contributed by atoms with Gasteiger partial charge in [-0.25, -0.2) is 8.78 Å². The Hall–Kier alpha value is -0.710. The van der Waals surface area contributed by atoms with E-state index in [2.05, 4.69) is 6.92 Å². The van der Waals surface area contributed by atoms with E-state index in [1.807, 2.05) is 0 Å². The van der Waals surface area contributed by atoms with Crippen LogP contribution in [-0.4, -0.2) is 43.0 Å². The molecule has 1 heterocycles. The Bertz CT molecular complexity index is 301. The second-order valence-electron chi connectivity index (χ2n) is 5.29. The first-order valence-electron chi connectivity index (χ1n) is 6.12. The number of alkyl halides is 2. The van der Waals surface area contributed by atoms with Gasteiger partial charge in [-0.1, -0.05) is 6.92 Å². The molecule has 0 bridgehead atoms. The maximum Gasteiger partial charge on any atom is 0.249 e. The van der Waals surface area contributed by atoms with Crippen molar-refractivity contribution in [3.63, 3.8) is 0 Å². The summed E-state index contributed by atoms with van der Waals surface area (Å²) < 4.78 is 30.8. The molecular weight excluding hydrogens is 228 g/mol. The smallest absolute Gasteiger partial charge is 0.249 e. The van der Waals surface area contributed by atoms with Gasteiger partial charge in [0.25, 0.3) is 0 Å². The number of nitrogens with zero attached hydrogens (tertiary/aromatic N) is 1. The van der Waals surface area contributed by atoms with E-state index >= 15 is 0 Å². The first kappa shape index (κ1) is 12.7. The Morgan fingerprint density at radius 1 is 1.41 bits per heavy atom. The molecule has 98 valence electrons. The minimum Gasteiger partial charge on any atom is -0.379 e. The summed E-state index contributed by atoms with van der Waals surface area (Å²) in [6.45, 7) is 3.30. The summed E-state index contributed by atoms with van der Waals surface area (Å²) in [7, 11) is 1.63. The molecule has 1 saturated carbocycles. The molecule has 2 aliphatic rings. The summed E-state index contributed by atoms with van der Waals surface area (Å²) in [6, 6.07) is 0. The van der Waals surface area contributed by atoms with Gasteiger partial charge < -0.3 is 9.64 Å². The molecule has 0 aromatic carbocycles. The van der Waals surface area contributed by atoms with Crippen LogP contribution in [0.1, 0.15) is 26.2 Å². The third-order valence-electron chi connectivity index (χ3n) is 3.94. The first-order chi connectivity index (χ1) is 7.93. The zero-order valence-electron chi connectivity index (χ0n) is 10.3. The van der Waals surface area contributed by atoms with Crippen LogP contribution in [0, 0.1) is 11.8 Å². The van der Waals surface area contributed by atoms with E-state index in [-0.39, 0.29) is 24.9 Å². The molecule has 1 saturated heterocycles. The Kier molecular flexibility index (Phi) is 3.39. The van der Waals surface area contributed by atoms with Gasteiger partial charge in [-0.15, -0.1) is 0 Å². The van der Waals surface area contributed by atoms with E-state index < -0.39 is 11.8 Å². The summed E-state index contributed by atoms with van der Waals surface area (Å²) >= 11 is 0. The predicted octanol–water partition coefficient (Wildman–Crippen LogP) is 1.92. The Morgan fingerprint density at radius 2 is 2.06 bits per heavy atom. The summed E-state index contributed by atoms with van der Waals surface area (Å²) in [6.07, 6.45) is 0.353. The topological polar surface area (TPSA) is 29.5 Å². The minimum absolute atomic E-state index is 0.0355. The number of amides is 1. The second-order valence-corrected chi connectivity index (χ2v) is 5.29. The molecule has 0 radical (unpaired) electrons. The standard InChI is InChI=1S/C12H19F2NO2/c1-8-3-4-15(7-10(8)17-2)11(16)9-5-12(13,14)6-9/h8-10H,3-7H2,1-2H3. The number of halogens is 2. The van der Waals surface area contributed by atoms with Crippen LogP contribution in [0.25, 0.3) is 0 Å². The Morgan fingerprint density at radius 3 is 2.59 bits per heavy atom. The van der Waals surface area contributed by atoms with Crippen LogP contribution in [0.5, 0.6) is 0 Å². The molecular formula is C12H19F2NO2. The van der Waals surface area contributed by atoms with Crippen LogP contribution in [0.4, 0.5) is 8.78 Å². The minimum atomic E-state index is -2.62. The van der Waals surface area contributed by atoms with Gasteiger partial charge in [0, 0.05) is 39.0 Å². The van der Waals surface area contributed by atoms with Crippen molar-refractivity contribution < 1.29 is 18.3 Å². The number of carbonyl (C=O) groups is 1. The molecule has 0 aromatic heterocycles. The van der Waals surface area contributed by atoms with Crippen LogP contribution in [0.2, 0.25) is 0 Å². The van der Waals surface area contributed by atoms with E-state index in [9.17, 15) is 13.6 Å². The summed E-state index contributed by atoms with van der Waals surface area (Å²) in [5.41, 5.74) is 0. The average molecular weight is 247 g/mol. The summed E-state index contributed by atoms with van der Waals surface area (Å²) in [5, 5.41) is 0. The van der Waals surface area contributed by atoms with Crippen molar-refractivity contribution >= 4 is 5.91 Å². The van der Waals surface area contributed by atoms with Gasteiger partial charge in [-0.2, -0.15) is 0 Å². The predicted molar refractivity (Wildman–Crippen MR) is 58.8 cm³/mol. The second kappa shape index (κ2) is 4.52. The van der Waals surface area contributed by atoms with Crippen molar-refractivity contribution in [2.75, 3.05) is 20.2 Å². The van der Waals surface area contributed by atoms with Crippen molar-refractivity contribution in [3.8, 4) is 0 Å². The Labute approximate surface area is 100 Å². The molecule has 17 heavy (non-hydrogen) atoms. The zero-order chi connectivity index (χ0) is 12.6. The molecule has 2 fully saturated rings. The molecule has 3 nitrogen and oxygen atoms in total. The largest absolute Gasteiger partial charge is 0.379 e. The van der Waals surface area contributed by atoms with Crippen LogP contribution in [-0.2, 0) is 9.53 Å². The van der Waals surface area contributed by atoms with Crippen LogP contribution in [0.15, 0.2) is 0 Å². The highest BCUT2D eigenvalue weighted by molar-refractivity contribution is 5.80. The number of likely N-dealkylation sites (tertiary alicyclic amines) is 1. The fourth-order valence-electron chi connectivity index (χ4n) is 2.63. The third kappa shape index (κ3) is 2.59. The quantitative estimate of drug-likeness (QED) is 0.746. The number of hydrogen-bond donors (Lipinski definition) is 0. The average Bonchev–Trinajstić information content (AvgIpc) is 2.25. The molecule has 5 heteroatoms. The number of carbonyl (C=O) groups excluding carboxylic acids is 1. The molecule has 0 aromatic rings. The first-order valence-corrected chi connectivity index (χ1v) is 6.12. The summed E-state index contributed by atoms with van der Waals surface area (Å²) in [4.78, 5) is 13.7. The van der Waals surface area contributed by atoms with Gasteiger partial charge >= 0.3 is 0 Å². The van der Waals surface area contributed by atoms with Gasteiger partial charge in [0.1, 0.15) is 0 Å². The number of ether oxygens (including phenoxy) is 1. The van der Waals surface area contributed by atoms with Crippen LogP contribution >= 0.6 is 0 Å². The maximum atomic E-state index is 12.7. The lowest BCUT2D eigenvalue weighted by atomic mass is 9.80. The zero-order valence-corrected chi connectivity index (χ0v) is 10.3. The summed E-state index contributed by atoms with van der Waals surface area (Å²) in [5.74, 6) is -2.79. The fourth-order valence-corrected chi connectivity index (χ4v) is 2.63. The normalized spacial score (nSPS) is 33.3. The van der Waals surface area contributed by atoms with Crippen LogP contribution < -0.4 is 0 Å². The fraction of sp³-hybridized carbons (Fsp3) is 0.917. The molecule has 1 aliphatic heterocycles. The lowest BCUT2D eigenvalue weighted by molar-refractivity contribution is -0.163. The van der Waals surface area contributed by atoms with Gasteiger partial charge in [0.05, 0.1) is 6.10 Å². The van der Waals surface area contributed by atoms with Gasteiger partial charge in [-0.05, 0) is 12.3 Å². The maximum absolute atomic E-state index is 12.7. The molecule has 2 rings (SSSR count). The van der Waals surface area contributed by atoms with E-state index in [1.54, 1.807) is 12.0 Å². The van der Waals surface area contributed by atoms with Crippen LogP contribution in [0.3, 0.4) is 0 Å². The van der Waals surface area contributed by atoms with Crippen molar-refractivity contribution in [2.24, 2.45) is 11.8 Å². The molecule has 1 amide bonds. The van der Waals surface area contributed by atoms with E-state index in [0.717, 1.165) is 6.42 Å². The van der Waals surface area contributed by atoms with Gasteiger partial charge in [0.15, 0.2) is 0 Å². The van der Waals surface area contributed by atoms with Crippen molar-refractivity contribution in [1.82, 2.24) is 4.90 Å². The molecule has 2 atom stereocenters. The molecule has 0 spiro atoms. The van der Waals surface area contributed by atoms with Gasteiger partial charge in [-0.3, -0.25) is 4.79 Å². The number of rotatable bonds is 2. The SMILES string of the molecule is COC1CN(C(=O)C2CC(F)(F)C2)CCC1C. The molecule has 2 unspecified atom stereocenters. The highest BCUT2D eigenvalue weighted by Gasteiger charge is 2.50. The van der Waals surface area contributed by atoms with E-state index in [1.165, 1.54) is 0 Å². The van der Waals surface area contributed by atoms with Crippen molar-refractivity contribution in [1.29, 1.82) is 0 Å². The lowest BCUT2D eigenvalue weighted by Crippen LogP contribution is -2.52. The van der Waals surface area contributed by atoms with E-state index in [0.29, 0.717) is 19.0 Å².